The van der Waals surface area contributed by atoms with Crippen LogP contribution < -0.4 is 10.2 Å². The van der Waals surface area contributed by atoms with E-state index in [9.17, 15) is 4.79 Å². The van der Waals surface area contributed by atoms with E-state index in [1.165, 1.54) is 5.56 Å². The van der Waals surface area contributed by atoms with Crippen LogP contribution in [0.1, 0.15) is 22.5 Å². The molecule has 1 N–H and O–H groups in total. The molecular formula is C18H22N4O. The van der Waals surface area contributed by atoms with Gasteiger partial charge < -0.3 is 10.2 Å². The molecule has 0 radical (unpaired) electrons. The van der Waals surface area contributed by atoms with Gasteiger partial charge in [0.05, 0.1) is 12.6 Å². The van der Waals surface area contributed by atoms with Gasteiger partial charge in [0.25, 0.3) is 0 Å². The highest BCUT2D eigenvalue weighted by Crippen LogP contribution is 2.17. The average molecular weight is 310 g/mol. The van der Waals surface area contributed by atoms with E-state index in [1.54, 1.807) is 0 Å². The summed E-state index contributed by atoms with van der Waals surface area (Å²) in [5, 5.41) is 3.07. The third-order valence-electron chi connectivity index (χ3n) is 4.37. The van der Waals surface area contributed by atoms with E-state index < -0.39 is 0 Å². The molecule has 0 saturated carbocycles. The lowest BCUT2D eigenvalue weighted by atomic mass is 10.0. The molecule has 23 heavy (non-hydrogen) atoms. The van der Waals surface area contributed by atoms with Gasteiger partial charge in [-0.2, -0.15) is 0 Å². The van der Waals surface area contributed by atoms with Gasteiger partial charge in [-0.25, -0.2) is 9.97 Å². The van der Waals surface area contributed by atoms with Crippen molar-refractivity contribution in [1.82, 2.24) is 15.3 Å². The smallest absolute Gasteiger partial charge is 0.239 e. The second-order valence-corrected chi connectivity index (χ2v) is 6.15. The van der Waals surface area contributed by atoms with Crippen molar-refractivity contribution in [2.24, 2.45) is 0 Å². The average Bonchev–Trinajstić information content (AvgIpc) is 2.52. The molecule has 1 amide bonds. The van der Waals surface area contributed by atoms with Crippen molar-refractivity contribution >= 4 is 11.9 Å². The van der Waals surface area contributed by atoms with Crippen molar-refractivity contribution in [2.75, 3.05) is 18.0 Å². The minimum atomic E-state index is 0.0247. The van der Waals surface area contributed by atoms with Gasteiger partial charge in [0.15, 0.2) is 0 Å². The molecule has 120 valence electrons. The number of carbonyl (C=O) groups excluding carboxylic acids is 1. The van der Waals surface area contributed by atoms with E-state index >= 15 is 0 Å². The van der Waals surface area contributed by atoms with E-state index in [-0.39, 0.29) is 11.9 Å². The summed E-state index contributed by atoms with van der Waals surface area (Å²) < 4.78 is 0. The number of benzene rings is 1. The Labute approximate surface area is 136 Å². The zero-order chi connectivity index (χ0) is 16.4. The third-order valence-corrected chi connectivity index (χ3v) is 4.37. The van der Waals surface area contributed by atoms with Gasteiger partial charge in [-0.1, -0.05) is 30.3 Å². The number of aryl methyl sites for hydroxylation is 2. The van der Waals surface area contributed by atoms with Crippen molar-refractivity contribution in [1.29, 1.82) is 0 Å². The van der Waals surface area contributed by atoms with E-state index in [0.29, 0.717) is 12.5 Å². The summed E-state index contributed by atoms with van der Waals surface area (Å²) >= 11 is 0. The van der Waals surface area contributed by atoms with Gasteiger partial charge in [-0.05, 0) is 38.3 Å². The van der Waals surface area contributed by atoms with Crippen molar-refractivity contribution in [2.45, 2.75) is 33.2 Å². The predicted molar refractivity (Wildman–Crippen MR) is 90.5 cm³/mol. The Morgan fingerprint density at radius 1 is 1.13 bits per heavy atom. The van der Waals surface area contributed by atoms with Crippen LogP contribution in [0.25, 0.3) is 0 Å². The molecule has 1 aliphatic heterocycles. The fourth-order valence-electron chi connectivity index (χ4n) is 2.89. The van der Waals surface area contributed by atoms with Crippen LogP contribution in [0.4, 0.5) is 5.95 Å². The van der Waals surface area contributed by atoms with Crippen LogP contribution in [0.5, 0.6) is 0 Å². The Kier molecular flexibility index (Phi) is 4.28. The van der Waals surface area contributed by atoms with Gasteiger partial charge >= 0.3 is 0 Å². The first-order valence-electron chi connectivity index (χ1n) is 7.93. The van der Waals surface area contributed by atoms with E-state index in [2.05, 4.69) is 27.4 Å². The van der Waals surface area contributed by atoms with Crippen LogP contribution in [-0.2, 0) is 11.2 Å². The Hall–Kier alpha value is -2.43. The first-order valence-corrected chi connectivity index (χ1v) is 7.93. The fraction of sp³-hybridized carbons (Fsp3) is 0.389. The molecule has 0 aliphatic carbocycles. The third kappa shape index (κ3) is 3.50. The lowest BCUT2D eigenvalue weighted by molar-refractivity contribution is -0.121. The largest absolute Gasteiger partial charge is 0.350 e. The van der Waals surface area contributed by atoms with E-state index in [1.807, 2.05) is 43.9 Å². The van der Waals surface area contributed by atoms with Gasteiger partial charge in [0, 0.05) is 17.9 Å². The molecule has 1 saturated heterocycles. The molecule has 5 nitrogen and oxygen atoms in total. The highest BCUT2D eigenvalue weighted by Gasteiger charge is 2.26. The van der Waals surface area contributed by atoms with Gasteiger partial charge in [0.1, 0.15) is 0 Å². The maximum absolute atomic E-state index is 12.1. The molecule has 1 aromatic carbocycles. The van der Waals surface area contributed by atoms with Crippen LogP contribution >= 0.6 is 0 Å². The highest BCUT2D eigenvalue weighted by atomic mass is 16.2. The predicted octanol–water partition coefficient (Wildman–Crippen LogP) is 1.95. The summed E-state index contributed by atoms with van der Waals surface area (Å²) in [5.74, 6) is 0.676. The lowest BCUT2D eigenvalue weighted by Crippen LogP contribution is -2.55. The van der Waals surface area contributed by atoms with Gasteiger partial charge in [-0.3, -0.25) is 4.79 Å². The van der Waals surface area contributed by atoms with Crippen molar-refractivity contribution in [3.05, 3.63) is 52.8 Å². The number of rotatable bonds is 3. The van der Waals surface area contributed by atoms with Crippen LogP contribution in [0, 0.1) is 20.8 Å². The molecule has 0 bridgehead atoms. The number of nitrogens with one attached hydrogen (secondary N) is 1. The minimum absolute atomic E-state index is 0.0247. The Bertz CT molecular complexity index is 691. The number of carbonyl (C=O) groups is 1. The van der Waals surface area contributed by atoms with Crippen molar-refractivity contribution < 1.29 is 4.79 Å². The molecule has 5 heteroatoms. The highest BCUT2D eigenvalue weighted by molar-refractivity contribution is 5.82. The summed E-state index contributed by atoms with van der Waals surface area (Å²) in [6.07, 6.45) is 0.812. The molecule has 3 rings (SSSR count). The topological polar surface area (TPSA) is 58.1 Å². The Morgan fingerprint density at radius 2 is 1.78 bits per heavy atom. The molecule has 1 atom stereocenters. The van der Waals surface area contributed by atoms with Crippen molar-refractivity contribution in [3.63, 3.8) is 0 Å². The number of aromatic nitrogens is 2. The summed E-state index contributed by atoms with van der Waals surface area (Å²) in [4.78, 5) is 23.2. The van der Waals surface area contributed by atoms with Crippen LogP contribution in [-0.4, -0.2) is 35.0 Å². The standard InChI is InChI=1S/C18H22N4O/c1-12-13(2)19-18(20-14(12)3)22-10-16(21-17(23)11-22)9-15-7-5-4-6-8-15/h4-8,16H,9-11H2,1-3H3,(H,21,23)/t16-/m0/s1. The van der Waals surface area contributed by atoms with Crippen LogP contribution in [0.2, 0.25) is 0 Å². The summed E-state index contributed by atoms with van der Waals surface area (Å²) in [5.41, 5.74) is 4.27. The zero-order valence-electron chi connectivity index (χ0n) is 13.8. The molecule has 1 aromatic heterocycles. The Balaban J connectivity index is 1.79. The second-order valence-electron chi connectivity index (χ2n) is 6.15. The van der Waals surface area contributed by atoms with Crippen molar-refractivity contribution in [3.8, 4) is 0 Å². The number of anilines is 1. The van der Waals surface area contributed by atoms with E-state index in [4.69, 9.17) is 0 Å². The fourth-order valence-corrected chi connectivity index (χ4v) is 2.89. The van der Waals surface area contributed by atoms with Gasteiger partial charge in [-0.15, -0.1) is 0 Å². The SMILES string of the molecule is Cc1nc(N2CC(=O)N[C@@H](Cc3ccccc3)C2)nc(C)c1C. The van der Waals surface area contributed by atoms with E-state index in [0.717, 1.165) is 29.9 Å². The maximum atomic E-state index is 12.1. The molecule has 1 aliphatic rings. The summed E-state index contributed by atoms with van der Waals surface area (Å²) in [6, 6.07) is 10.3. The molecule has 2 heterocycles. The lowest BCUT2D eigenvalue weighted by Gasteiger charge is -2.33. The van der Waals surface area contributed by atoms with Crippen LogP contribution in [0.3, 0.4) is 0 Å². The van der Waals surface area contributed by atoms with Crippen LogP contribution in [0.15, 0.2) is 30.3 Å². The quantitative estimate of drug-likeness (QED) is 0.941. The zero-order valence-corrected chi connectivity index (χ0v) is 13.8. The minimum Gasteiger partial charge on any atom is -0.350 e. The molecule has 2 aromatic rings. The normalized spacial score (nSPS) is 18.0. The monoisotopic (exact) mass is 310 g/mol. The maximum Gasteiger partial charge on any atom is 0.239 e. The first-order chi connectivity index (χ1) is 11.0. The number of amides is 1. The number of hydrogen-bond acceptors (Lipinski definition) is 4. The first kappa shape index (κ1) is 15.5. The second kappa shape index (κ2) is 6.36. The summed E-state index contributed by atoms with van der Waals surface area (Å²) in [6.45, 7) is 7.03. The Morgan fingerprint density at radius 3 is 2.43 bits per heavy atom. The number of piperazine rings is 1. The molecule has 0 unspecified atom stereocenters. The molecule has 0 spiro atoms. The molecule has 1 fully saturated rings. The van der Waals surface area contributed by atoms with Gasteiger partial charge in [0.2, 0.25) is 11.9 Å². The summed E-state index contributed by atoms with van der Waals surface area (Å²) in [7, 11) is 0. The number of hydrogen-bond donors (Lipinski definition) is 1. The molecular weight excluding hydrogens is 288 g/mol. The number of nitrogens with zero attached hydrogens (tertiary/aromatic N) is 3.